The quantitative estimate of drug-likeness (QED) is 0.144. The Morgan fingerprint density at radius 2 is 0.679 bits per heavy atom. The molecule has 2 heteroatoms. The van der Waals surface area contributed by atoms with E-state index in [2.05, 4.69) is 219 Å². The molecule has 0 saturated carbocycles. The first-order chi connectivity index (χ1) is 27.4. The zero-order valence-corrected chi connectivity index (χ0v) is 32.4. The molecule has 270 valence electrons. The second kappa shape index (κ2) is 13.6. The maximum absolute atomic E-state index is 2.49. The highest BCUT2D eigenvalue weighted by Gasteiger charge is 2.24. The molecule has 0 bridgehead atoms. The van der Waals surface area contributed by atoms with E-state index in [1.807, 2.05) is 0 Å². The Bertz CT molecular complexity index is 2840. The Morgan fingerprint density at radius 3 is 1.12 bits per heavy atom. The highest BCUT2D eigenvalue weighted by atomic mass is 15.2. The third-order valence-electron chi connectivity index (χ3n) is 11.7. The minimum Gasteiger partial charge on any atom is -0.309 e. The van der Waals surface area contributed by atoms with Crippen LogP contribution in [0.15, 0.2) is 182 Å². The van der Waals surface area contributed by atoms with Crippen molar-refractivity contribution < 1.29 is 0 Å². The summed E-state index contributed by atoms with van der Waals surface area (Å²) in [5.74, 6) is 0.824. The Balaban J connectivity index is 1.26. The second-order valence-corrected chi connectivity index (χ2v) is 15.8. The first kappa shape index (κ1) is 33.9. The molecule has 0 heterocycles. The predicted molar refractivity (Wildman–Crippen MR) is 243 cm³/mol. The molecule has 0 aromatic heterocycles. The van der Waals surface area contributed by atoms with E-state index in [1.165, 1.54) is 87.7 Å². The van der Waals surface area contributed by atoms with E-state index < -0.39 is 0 Å². The van der Waals surface area contributed by atoms with Gasteiger partial charge in [-0.3, -0.25) is 0 Å². The van der Waals surface area contributed by atoms with E-state index in [4.69, 9.17) is 0 Å². The molecule has 0 atom stereocenters. The summed E-state index contributed by atoms with van der Waals surface area (Å²) in [6.45, 7) is 9.09. The molecular weight excluding hydrogens is 677 g/mol. The normalized spacial score (nSPS) is 11.9. The summed E-state index contributed by atoms with van der Waals surface area (Å²) in [6, 6.07) is 67.7. The van der Waals surface area contributed by atoms with Gasteiger partial charge < -0.3 is 9.80 Å². The molecule has 0 aliphatic heterocycles. The number of hydrogen-bond acceptors (Lipinski definition) is 2. The zero-order valence-electron chi connectivity index (χ0n) is 32.4. The number of rotatable bonds is 8. The van der Waals surface area contributed by atoms with Gasteiger partial charge in [0.1, 0.15) is 0 Å². The lowest BCUT2D eigenvalue weighted by Crippen LogP contribution is -2.12. The van der Waals surface area contributed by atoms with Gasteiger partial charge in [0, 0.05) is 32.9 Å². The van der Waals surface area contributed by atoms with Crippen LogP contribution in [0.25, 0.3) is 53.9 Å². The highest BCUT2D eigenvalue weighted by molar-refractivity contribution is 6.28. The summed E-state index contributed by atoms with van der Waals surface area (Å²) < 4.78 is 0. The van der Waals surface area contributed by atoms with Crippen LogP contribution >= 0.6 is 0 Å². The van der Waals surface area contributed by atoms with Crippen LogP contribution in [0.1, 0.15) is 50.7 Å². The van der Waals surface area contributed by atoms with Gasteiger partial charge in [-0.25, -0.2) is 0 Å². The predicted octanol–water partition coefficient (Wildman–Crippen LogP) is 16.1. The van der Waals surface area contributed by atoms with Crippen LogP contribution in [-0.4, -0.2) is 0 Å². The Hall–Kier alpha value is -6.64. The van der Waals surface area contributed by atoms with Crippen LogP contribution in [0.3, 0.4) is 0 Å². The van der Waals surface area contributed by atoms with Gasteiger partial charge in [0.15, 0.2) is 0 Å². The fraction of sp³-hybridized carbons (Fsp3) is 0.111. The van der Waals surface area contributed by atoms with Crippen molar-refractivity contribution in [2.75, 3.05) is 9.80 Å². The first-order valence-electron chi connectivity index (χ1n) is 19.9. The minimum atomic E-state index is 0.412. The van der Waals surface area contributed by atoms with Crippen LogP contribution in [0, 0.1) is 0 Å². The van der Waals surface area contributed by atoms with Crippen molar-refractivity contribution in [1.82, 2.24) is 0 Å². The Morgan fingerprint density at radius 1 is 0.304 bits per heavy atom. The number of nitrogens with zero attached hydrogens (tertiary/aromatic N) is 2. The fourth-order valence-corrected chi connectivity index (χ4v) is 8.83. The molecule has 0 radical (unpaired) electrons. The SMILES string of the molecule is CC(C)c1cccc(N(c2cccc3ccccc23)c2ccc3ccc4c(N(c5cccc(C(C)C)c5)c5cccc6ccccc56)ccc5ccc2c3c54)c1. The molecule has 0 aliphatic carbocycles. The maximum Gasteiger partial charge on any atom is 0.0540 e. The van der Waals surface area contributed by atoms with Gasteiger partial charge in [-0.05, 0) is 104 Å². The lowest BCUT2D eigenvalue weighted by Gasteiger charge is -2.31. The van der Waals surface area contributed by atoms with E-state index >= 15 is 0 Å². The summed E-state index contributed by atoms with van der Waals surface area (Å²) in [5, 5.41) is 12.5. The van der Waals surface area contributed by atoms with Gasteiger partial charge >= 0.3 is 0 Å². The molecule has 0 aliphatic rings. The van der Waals surface area contributed by atoms with Crippen molar-refractivity contribution >= 4 is 88.0 Å². The molecule has 10 aromatic carbocycles. The van der Waals surface area contributed by atoms with Crippen molar-refractivity contribution in [3.63, 3.8) is 0 Å². The molecule has 10 rings (SSSR count). The van der Waals surface area contributed by atoms with Gasteiger partial charge in [0.2, 0.25) is 0 Å². The first-order valence-corrected chi connectivity index (χ1v) is 19.9. The molecule has 0 N–H and O–H groups in total. The molecule has 0 amide bonds. The zero-order chi connectivity index (χ0) is 37.9. The van der Waals surface area contributed by atoms with E-state index in [9.17, 15) is 0 Å². The van der Waals surface area contributed by atoms with Gasteiger partial charge in [0.25, 0.3) is 0 Å². The topological polar surface area (TPSA) is 6.48 Å². The van der Waals surface area contributed by atoms with Gasteiger partial charge in [0.05, 0.1) is 22.7 Å². The van der Waals surface area contributed by atoms with Crippen molar-refractivity contribution in [2.24, 2.45) is 0 Å². The third-order valence-corrected chi connectivity index (χ3v) is 11.7. The van der Waals surface area contributed by atoms with E-state index in [0.717, 1.165) is 11.4 Å². The summed E-state index contributed by atoms with van der Waals surface area (Å²) in [4.78, 5) is 4.97. The molecule has 0 unspecified atom stereocenters. The van der Waals surface area contributed by atoms with E-state index in [-0.39, 0.29) is 0 Å². The largest absolute Gasteiger partial charge is 0.309 e. The number of fused-ring (bicyclic) bond motifs is 2. The summed E-state index contributed by atoms with van der Waals surface area (Å²) in [5.41, 5.74) is 9.66. The summed E-state index contributed by atoms with van der Waals surface area (Å²) >= 11 is 0. The lowest BCUT2D eigenvalue weighted by atomic mass is 9.91. The molecule has 0 fully saturated rings. The fourth-order valence-electron chi connectivity index (χ4n) is 8.83. The second-order valence-electron chi connectivity index (χ2n) is 15.8. The molecule has 2 nitrogen and oxygen atoms in total. The summed E-state index contributed by atoms with van der Waals surface area (Å²) in [6.07, 6.45) is 0. The van der Waals surface area contributed by atoms with E-state index in [1.54, 1.807) is 0 Å². The molecule has 0 spiro atoms. The van der Waals surface area contributed by atoms with Crippen LogP contribution in [0.2, 0.25) is 0 Å². The Kier molecular flexibility index (Phi) is 8.22. The van der Waals surface area contributed by atoms with Crippen molar-refractivity contribution in [3.05, 3.63) is 193 Å². The number of anilines is 6. The van der Waals surface area contributed by atoms with Crippen LogP contribution in [-0.2, 0) is 0 Å². The maximum atomic E-state index is 2.49. The van der Waals surface area contributed by atoms with Crippen LogP contribution < -0.4 is 9.80 Å². The minimum absolute atomic E-state index is 0.412. The highest BCUT2D eigenvalue weighted by Crippen LogP contribution is 2.49. The average molecular weight is 721 g/mol. The molecule has 10 aromatic rings. The van der Waals surface area contributed by atoms with Crippen LogP contribution in [0.4, 0.5) is 34.1 Å². The van der Waals surface area contributed by atoms with Crippen molar-refractivity contribution in [3.8, 4) is 0 Å². The van der Waals surface area contributed by atoms with Crippen molar-refractivity contribution in [2.45, 2.75) is 39.5 Å². The summed E-state index contributed by atoms with van der Waals surface area (Å²) in [7, 11) is 0. The van der Waals surface area contributed by atoms with Crippen molar-refractivity contribution in [1.29, 1.82) is 0 Å². The van der Waals surface area contributed by atoms with Gasteiger partial charge in [-0.1, -0.05) is 161 Å². The standard InChI is InChI=1S/C54H44N2/c1-35(2)41-17-9-19-43(33-41)55(49-23-11-15-37-13-5-7-21-45(37)49)51-31-27-39-26-30-48-52(32-28-40-25-29-47(51)53(39)54(40)48)56(44-20-10-18-42(34-44)36(3)4)50-24-12-16-38-14-6-8-22-46(38)50/h5-36H,1-4H3. The Labute approximate surface area is 329 Å². The number of benzene rings is 10. The number of hydrogen-bond donors (Lipinski definition) is 0. The van der Waals surface area contributed by atoms with Gasteiger partial charge in [-0.15, -0.1) is 0 Å². The van der Waals surface area contributed by atoms with Crippen LogP contribution in [0.5, 0.6) is 0 Å². The molecular formula is C54H44N2. The lowest BCUT2D eigenvalue weighted by molar-refractivity contribution is 0.866. The average Bonchev–Trinajstić information content (AvgIpc) is 3.24. The van der Waals surface area contributed by atoms with Gasteiger partial charge in [-0.2, -0.15) is 0 Å². The van der Waals surface area contributed by atoms with E-state index in [0.29, 0.717) is 11.8 Å². The monoisotopic (exact) mass is 720 g/mol. The molecule has 0 saturated heterocycles. The smallest absolute Gasteiger partial charge is 0.0540 e. The third kappa shape index (κ3) is 5.56. The molecule has 56 heavy (non-hydrogen) atoms.